The predicted octanol–water partition coefficient (Wildman–Crippen LogP) is 2.32. The molecule has 0 N–H and O–H groups in total. The molecular weight excluding hydrogens is 330 g/mol. The molecule has 0 unspecified atom stereocenters. The molecule has 0 aliphatic carbocycles. The first-order chi connectivity index (χ1) is 12.7. The van der Waals surface area contributed by atoms with Gasteiger partial charge in [0, 0.05) is 31.1 Å². The van der Waals surface area contributed by atoms with E-state index in [4.69, 9.17) is 4.74 Å². The molecule has 7 nitrogen and oxygen atoms in total. The third-order valence-corrected chi connectivity index (χ3v) is 4.32. The van der Waals surface area contributed by atoms with E-state index in [0.717, 1.165) is 30.0 Å². The zero-order valence-corrected chi connectivity index (χ0v) is 14.5. The Morgan fingerprint density at radius 3 is 3.04 bits per heavy atom. The Bertz CT molecular complexity index is 979. The first-order valence-electron chi connectivity index (χ1n) is 8.54. The Morgan fingerprint density at radius 2 is 2.12 bits per heavy atom. The van der Waals surface area contributed by atoms with Crippen molar-refractivity contribution < 1.29 is 9.53 Å². The molecule has 3 aromatic rings. The SMILES string of the molecule is CN1CCC=NC(=O)c2ccn3ncc(c3n2)-c2cccc(c2)OCC1. The Morgan fingerprint density at radius 1 is 1.19 bits per heavy atom. The van der Waals surface area contributed by atoms with Gasteiger partial charge in [0.1, 0.15) is 18.1 Å². The second-order valence-electron chi connectivity index (χ2n) is 6.22. The van der Waals surface area contributed by atoms with Gasteiger partial charge < -0.3 is 9.64 Å². The molecule has 1 aliphatic rings. The first-order valence-corrected chi connectivity index (χ1v) is 8.54. The van der Waals surface area contributed by atoms with Crippen LogP contribution in [-0.4, -0.2) is 58.4 Å². The third kappa shape index (κ3) is 3.34. The molecule has 4 rings (SSSR count). The number of benzene rings is 1. The number of hydrogen-bond donors (Lipinski definition) is 0. The van der Waals surface area contributed by atoms with E-state index in [1.807, 2.05) is 31.3 Å². The average Bonchev–Trinajstić information content (AvgIpc) is 3.08. The van der Waals surface area contributed by atoms with Crippen molar-refractivity contribution >= 4 is 17.8 Å². The van der Waals surface area contributed by atoms with E-state index in [1.54, 1.807) is 29.2 Å². The molecule has 1 amide bonds. The number of aromatic nitrogens is 3. The molecule has 7 heteroatoms. The van der Waals surface area contributed by atoms with Crippen molar-refractivity contribution in [2.24, 2.45) is 4.99 Å². The molecule has 0 fully saturated rings. The summed E-state index contributed by atoms with van der Waals surface area (Å²) in [5, 5.41) is 4.33. The summed E-state index contributed by atoms with van der Waals surface area (Å²) in [6, 6.07) is 9.47. The van der Waals surface area contributed by atoms with Crippen LogP contribution in [0, 0.1) is 0 Å². The maximum absolute atomic E-state index is 12.3. The Labute approximate surface area is 150 Å². The number of amides is 1. The smallest absolute Gasteiger partial charge is 0.295 e. The van der Waals surface area contributed by atoms with E-state index < -0.39 is 0 Å². The summed E-state index contributed by atoms with van der Waals surface area (Å²) in [7, 11) is 2.02. The van der Waals surface area contributed by atoms with Gasteiger partial charge in [-0.1, -0.05) is 12.1 Å². The summed E-state index contributed by atoms with van der Waals surface area (Å²) in [5.74, 6) is 0.461. The topological polar surface area (TPSA) is 72.1 Å². The highest BCUT2D eigenvalue weighted by atomic mass is 16.5. The predicted molar refractivity (Wildman–Crippen MR) is 98.9 cm³/mol. The Balaban J connectivity index is 1.80. The van der Waals surface area contributed by atoms with Crippen LogP contribution in [0.25, 0.3) is 16.8 Å². The molecule has 1 aliphatic heterocycles. The van der Waals surface area contributed by atoms with Gasteiger partial charge >= 0.3 is 0 Å². The van der Waals surface area contributed by atoms with Crippen molar-refractivity contribution in [2.45, 2.75) is 6.42 Å². The average molecular weight is 349 g/mol. The fraction of sp³-hybridized carbons (Fsp3) is 0.263. The van der Waals surface area contributed by atoms with Crippen LogP contribution in [0.5, 0.6) is 5.75 Å². The zero-order valence-electron chi connectivity index (χ0n) is 14.5. The highest BCUT2D eigenvalue weighted by Crippen LogP contribution is 2.27. The Kier molecular flexibility index (Phi) is 4.45. The summed E-state index contributed by atoms with van der Waals surface area (Å²) in [4.78, 5) is 23.0. The lowest BCUT2D eigenvalue weighted by Gasteiger charge is -2.16. The van der Waals surface area contributed by atoms with Crippen molar-refractivity contribution in [3.63, 3.8) is 0 Å². The van der Waals surface area contributed by atoms with Crippen LogP contribution < -0.4 is 4.74 Å². The lowest BCUT2D eigenvalue weighted by molar-refractivity contribution is 0.0998. The number of carbonyl (C=O) groups excluding carboxylic acids is 1. The van der Waals surface area contributed by atoms with Crippen LogP contribution in [-0.2, 0) is 0 Å². The highest BCUT2D eigenvalue weighted by Gasteiger charge is 2.13. The molecule has 0 atom stereocenters. The molecular formula is C19H19N5O2. The maximum atomic E-state index is 12.3. The van der Waals surface area contributed by atoms with Crippen LogP contribution in [0.2, 0.25) is 0 Å². The van der Waals surface area contributed by atoms with Gasteiger partial charge in [-0.3, -0.25) is 4.79 Å². The second kappa shape index (κ2) is 7.05. The lowest BCUT2D eigenvalue weighted by atomic mass is 10.1. The molecule has 4 bridgehead atoms. The molecule has 0 radical (unpaired) electrons. The summed E-state index contributed by atoms with van der Waals surface area (Å²) in [6.07, 6.45) is 5.82. The number of likely N-dealkylation sites (N-methyl/N-ethyl adjacent to an activating group) is 1. The summed E-state index contributed by atoms with van der Waals surface area (Å²) < 4.78 is 7.54. The van der Waals surface area contributed by atoms with Gasteiger partial charge in [0.25, 0.3) is 5.91 Å². The molecule has 132 valence electrons. The van der Waals surface area contributed by atoms with Gasteiger partial charge in [-0.25, -0.2) is 14.5 Å². The molecule has 1 aromatic carbocycles. The minimum Gasteiger partial charge on any atom is -0.492 e. The van der Waals surface area contributed by atoms with Gasteiger partial charge in [-0.05, 0) is 37.2 Å². The first kappa shape index (κ1) is 16.4. The number of ether oxygens (including phenoxy) is 1. The van der Waals surface area contributed by atoms with Gasteiger partial charge in [0.2, 0.25) is 0 Å². The number of fused-ring (bicyclic) bond motifs is 4. The molecule has 0 saturated heterocycles. The second-order valence-corrected chi connectivity index (χ2v) is 6.22. The van der Waals surface area contributed by atoms with Crippen LogP contribution >= 0.6 is 0 Å². The molecule has 2 aromatic heterocycles. The van der Waals surface area contributed by atoms with E-state index >= 15 is 0 Å². The summed E-state index contributed by atoms with van der Waals surface area (Å²) in [6.45, 7) is 2.19. The van der Waals surface area contributed by atoms with Gasteiger partial charge in [-0.2, -0.15) is 5.10 Å². The molecule has 0 spiro atoms. The number of carbonyl (C=O) groups is 1. The van der Waals surface area contributed by atoms with E-state index in [0.29, 0.717) is 24.4 Å². The standard InChI is InChI=1S/C19H19N5O2/c1-23-8-3-7-20-19(25)17-6-9-24-18(22-17)16(13-21-24)14-4-2-5-15(12-14)26-11-10-23/h2,4-7,9,12-13H,3,8,10-11H2,1H3. The van der Waals surface area contributed by atoms with Crippen molar-refractivity contribution in [2.75, 3.05) is 26.7 Å². The number of aliphatic imine (C=N–C) groups is 1. The largest absolute Gasteiger partial charge is 0.492 e. The fourth-order valence-electron chi connectivity index (χ4n) is 2.87. The minimum absolute atomic E-state index is 0.309. The molecule has 0 saturated carbocycles. The molecule has 3 heterocycles. The summed E-state index contributed by atoms with van der Waals surface area (Å²) >= 11 is 0. The van der Waals surface area contributed by atoms with Crippen molar-refractivity contribution in [1.82, 2.24) is 19.5 Å². The number of rotatable bonds is 0. The lowest BCUT2D eigenvalue weighted by Crippen LogP contribution is -2.25. The Hall–Kier alpha value is -3.06. The van der Waals surface area contributed by atoms with Gasteiger partial charge in [0.05, 0.1) is 6.20 Å². The van der Waals surface area contributed by atoms with Crippen LogP contribution in [0.3, 0.4) is 0 Å². The minimum atomic E-state index is -0.341. The number of hydrogen-bond acceptors (Lipinski definition) is 5. The maximum Gasteiger partial charge on any atom is 0.295 e. The van der Waals surface area contributed by atoms with Crippen LogP contribution in [0.15, 0.2) is 47.7 Å². The fourth-order valence-corrected chi connectivity index (χ4v) is 2.87. The van der Waals surface area contributed by atoms with E-state index in [2.05, 4.69) is 20.0 Å². The van der Waals surface area contributed by atoms with Crippen molar-refractivity contribution in [3.05, 3.63) is 48.4 Å². The number of nitrogens with zero attached hydrogens (tertiary/aromatic N) is 5. The monoisotopic (exact) mass is 349 g/mol. The summed E-state index contributed by atoms with van der Waals surface area (Å²) in [5.41, 5.74) is 2.72. The van der Waals surface area contributed by atoms with Crippen LogP contribution in [0.4, 0.5) is 0 Å². The van der Waals surface area contributed by atoms with E-state index in [1.165, 1.54) is 0 Å². The van der Waals surface area contributed by atoms with E-state index in [9.17, 15) is 4.79 Å². The zero-order chi connectivity index (χ0) is 17.9. The van der Waals surface area contributed by atoms with Crippen molar-refractivity contribution in [3.8, 4) is 16.9 Å². The highest BCUT2D eigenvalue weighted by molar-refractivity contribution is 5.98. The van der Waals surface area contributed by atoms with Crippen molar-refractivity contribution in [1.29, 1.82) is 0 Å². The molecule has 26 heavy (non-hydrogen) atoms. The van der Waals surface area contributed by atoms with Gasteiger partial charge in [-0.15, -0.1) is 0 Å². The third-order valence-electron chi connectivity index (χ3n) is 4.32. The quantitative estimate of drug-likeness (QED) is 0.623. The van der Waals surface area contributed by atoms with E-state index in [-0.39, 0.29) is 5.91 Å². The van der Waals surface area contributed by atoms with Crippen LogP contribution in [0.1, 0.15) is 16.9 Å². The normalized spacial score (nSPS) is 16.1. The van der Waals surface area contributed by atoms with Gasteiger partial charge in [0.15, 0.2) is 5.65 Å².